The molecule has 0 atom stereocenters. The van der Waals surface area contributed by atoms with E-state index in [1.54, 1.807) is 12.1 Å². The van der Waals surface area contributed by atoms with Gasteiger partial charge in [0.25, 0.3) is 20.0 Å². The lowest BCUT2D eigenvalue weighted by Crippen LogP contribution is -2.15. The van der Waals surface area contributed by atoms with Crippen LogP contribution in [-0.4, -0.2) is 16.8 Å². The Morgan fingerprint density at radius 1 is 0.679 bits per heavy atom. The Labute approximate surface area is 163 Å². The molecule has 0 amide bonds. The molecule has 3 aromatic carbocycles. The Morgan fingerprint density at radius 3 is 1.57 bits per heavy atom. The van der Waals surface area contributed by atoms with Gasteiger partial charge in [0.2, 0.25) is 0 Å². The first-order valence-electron chi connectivity index (χ1n) is 8.14. The van der Waals surface area contributed by atoms with E-state index in [4.69, 9.17) is 0 Å². The first-order chi connectivity index (χ1) is 13.2. The van der Waals surface area contributed by atoms with Crippen molar-refractivity contribution < 1.29 is 21.2 Å². The van der Waals surface area contributed by atoms with Gasteiger partial charge in [0.1, 0.15) is 5.82 Å². The maximum Gasteiger partial charge on any atom is 0.261 e. The summed E-state index contributed by atoms with van der Waals surface area (Å²) in [6.07, 6.45) is 0. The topological polar surface area (TPSA) is 92.3 Å². The number of sulfonamides is 2. The van der Waals surface area contributed by atoms with Gasteiger partial charge in [-0.3, -0.25) is 9.44 Å². The summed E-state index contributed by atoms with van der Waals surface area (Å²) in [5.41, 5.74) is 1.28. The summed E-state index contributed by atoms with van der Waals surface area (Å²) in [6.45, 7) is 1.85. The third-order valence-corrected chi connectivity index (χ3v) is 6.62. The second-order valence-electron chi connectivity index (χ2n) is 6.06. The zero-order valence-electron chi connectivity index (χ0n) is 14.8. The van der Waals surface area contributed by atoms with Gasteiger partial charge in [0.15, 0.2) is 0 Å². The van der Waals surface area contributed by atoms with E-state index >= 15 is 0 Å². The number of aryl methyl sites for hydroxylation is 1. The number of hydrogen-bond acceptors (Lipinski definition) is 4. The Balaban J connectivity index is 1.82. The van der Waals surface area contributed by atoms with Crippen LogP contribution in [0.4, 0.5) is 15.8 Å². The van der Waals surface area contributed by atoms with Gasteiger partial charge in [0.05, 0.1) is 21.2 Å². The fourth-order valence-corrected chi connectivity index (χ4v) is 4.50. The molecule has 0 aliphatic heterocycles. The molecule has 0 saturated carbocycles. The van der Waals surface area contributed by atoms with Gasteiger partial charge in [-0.25, -0.2) is 21.2 Å². The van der Waals surface area contributed by atoms with E-state index in [0.29, 0.717) is 0 Å². The lowest BCUT2D eigenvalue weighted by Gasteiger charge is -2.11. The minimum absolute atomic E-state index is 0.0930. The van der Waals surface area contributed by atoms with E-state index in [0.717, 1.165) is 29.8 Å². The monoisotopic (exact) mass is 420 g/mol. The van der Waals surface area contributed by atoms with Crippen molar-refractivity contribution in [3.8, 4) is 0 Å². The summed E-state index contributed by atoms with van der Waals surface area (Å²) in [4.78, 5) is -0.0186. The third kappa shape index (κ3) is 4.68. The summed E-state index contributed by atoms with van der Waals surface area (Å²) >= 11 is 0. The summed E-state index contributed by atoms with van der Waals surface area (Å²) in [7, 11) is -7.76. The smallest absolute Gasteiger partial charge is 0.261 e. The fourth-order valence-electron chi connectivity index (χ4n) is 2.41. The molecule has 0 bridgehead atoms. The Hall–Kier alpha value is -2.91. The van der Waals surface area contributed by atoms with Crippen molar-refractivity contribution >= 4 is 31.4 Å². The first-order valence-corrected chi connectivity index (χ1v) is 11.1. The van der Waals surface area contributed by atoms with Crippen molar-refractivity contribution in [3.63, 3.8) is 0 Å². The average molecular weight is 420 g/mol. The lowest BCUT2D eigenvalue weighted by molar-refractivity contribution is 0.598. The second kappa shape index (κ2) is 7.61. The number of hydrogen-bond donors (Lipinski definition) is 2. The highest BCUT2D eigenvalue weighted by molar-refractivity contribution is 7.93. The summed E-state index contributed by atoms with van der Waals surface area (Å²) in [5.74, 6) is -0.550. The van der Waals surface area contributed by atoms with Crippen LogP contribution in [0.2, 0.25) is 0 Å². The van der Waals surface area contributed by atoms with E-state index in [1.807, 2.05) is 6.92 Å². The van der Waals surface area contributed by atoms with Crippen molar-refractivity contribution in [1.82, 2.24) is 0 Å². The normalized spacial score (nSPS) is 11.8. The average Bonchev–Trinajstić information content (AvgIpc) is 2.62. The molecule has 2 N–H and O–H groups in total. The largest absolute Gasteiger partial charge is 0.280 e. The molecule has 28 heavy (non-hydrogen) atoms. The number of halogens is 1. The Morgan fingerprint density at radius 2 is 1.11 bits per heavy atom. The highest BCUT2D eigenvalue weighted by atomic mass is 32.2. The van der Waals surface area contributed by atoms with E-state index in [9.17, 15) is 21.2 Å². The van der Waals surface area contributed by atoms with E-state index in [2.05, 4.69) is 9.44 Å². The first kappa shape index (κ1) is 19.8. The van der Waals surface area contributed by atoms with Crippen molar-refractivity contribution in [2.75, 3.05) is 9.44 Å². The summed E-state index contributed by atoms with van der Waals surface area (Å²) in [5, 5.41) is 0. The molecular weight excluding hydrogens is 403 g/mol. The predicted molar refractivity (Wildman–Crippen MR) is 106 cm³/mol. The van der Waals surface area contributed by atoms with Crippen LogP contribution in [0.3, 0.4) is 0 Å². The van der Waals surface area contributed by atoms with Crippen molar-refractivity contribution in [2.45, 2.75) is 16.7 Å². The fraction of sp³-hybridized carbons (Fsp3) is 0.0526. The summed E-state index contributed by atoms with van der Waals surface area (Å²) in [6, 6.07) is 16.5. The maximum atomic E-state index is 13.0. The van der Waals surface area contributed by atoms with Gasteiger partial charge in [-0.15, -0.1) is 0 Å². The molecule has 3 rings (SSSR count). The molecule has 0 heterocycles. The van der Waals surface area contributed by atoms with Crippen LogP contribution < -0.4 is 9.44 Å². The molecule has 0 spiro atoms. The standard InChI is InChI=1S/C19H17FN2O4S2/c1-14-5-9-18(10-6-14)27(23,24)21-16-3-2-4-17(13-16)22-28(25,26)19-11-7-15(20)8-12-19/h2-13,21-22H,1H3. The Kier molecular flexibility index (Phi) is 5.39. The highest BCUT2D eigenvalue weighted by Crippen LogP contribution is 2.22. The quantitative estimate of drug-likeness (QED) is 0.635. The zero-order valence-corrected chi connectivity index (χ0v) is 16.4. The van der Waals surface area contributed by atoms with Gasteiger partial charge in [0, 0.05) is 0 Å². The van der Waals surface area contributed by atoms with Crippen LogP contribution in [0.5, 0.6) is 0 Å². The molecular formula is C19H17FN2O4S2. The maximum absolute atomic E-state index is 13.0. The number of rotatable bonds is 6. The van der Waals surface area contributed by atoms with Crippen LogP contribution in [0.1, 0.15) is 5.56 Å². The van der Waals surface area contributed by atoms with Gasteiger partial charge in [-0.2, -0.15) is 0 Å². The van der Waals surface area contributed by atoms with Crippen LogP contribution >= 0.6 is 0 Å². The minimum Gasteiger partial charge on any atom is -0.280 e. The molecule has 0 radical (unpaired) electrons. The molecule has 0 aliphatic carbocycles. The molecule has 3 aromatic rings. The van der Waals surface area contributed by atoms with Crippen molar-refractivity contribution in [3.05, 3.63) is 84.2 Å². The van der Waals surface area contributed by atoms with Crippen LogP contribution in [0.25, 0.3) is 0 Å². The van der Waals surface area contributed by atoms with E-state index in [-0.39, 0.29) is 21.2 Å². The molecule has 0 fully saturated rings. The molecule has 0 aliphatic rings. The number of benzene rings is 3. The number of nitrogens with one attached hydrogen (secondary N) is 2. The summed E-state index contributed by atoms with van der Waals surface area (Å²) < 4.78 is 67.5. The van der Waals surface area contributed by atoms with Crippen LogP contribution in [-0.2, 0) is 20.0 Å². The molecule has 0 saturated heterocycles. The lowest BCUT2D eigenvalue weighted by atomic mass is 10.2. The van der Waals surface area contributed by atoms with Crippen molar-refractivity contribution in [1.29, 1.82) is 0 Å². The third-order valence-electron chi connectivity index (χ3n) is 3.82. The molecule has 6 nitrogen and oxygen atoms in total. The predicted octanol–water partition coefficient (Wildman–Crippen LogP) is 3.74. The van der Waals surface area contributed by atoms with Crippen LogP contribution in [0.15, 0.2) is 82.6 Å². The van der Waals surface area contributed by atoms with Crippen molar-refractivity contribution in [2.24, 2.45) is 0 Å². The van der Waals surface area contributed by atoms with E-state index < -0.39 is 25.9 Å². The minimum atomic E-state index is -3.94. The van der Waals surface area contributed by atoms with Crippen LogP contribution in [0, 0.1) is 12.7 Å². The van der Waals surface area contributed by atoms with Gasteiger partial charge < -0.3 is 0 Å². The zero-order chi connectivity index (χ0) is 20.4. The second-order valence-corrected chi connectivity index (χ2v) is 9.42. The Bertz CT molecular complexity index is 1100. The molecule has 0 aromatic heterocycles. The van der Waals surface area contributed by atoms with Gasteiger partial charge >= 0.3 is 0 Å². The van der Waals surface area contributed by atoms with Gasteiger partial charge in [-0.1, -0.05) is 23.8 Å². The molecule has 146 valence electrons. The molecule has 9 heteroatoms. The van der Waals surface area contributed by atoms with E-state index in [1.165, 1.54) is 36.4 Å². The molecule has 0 unspecified atom stereocenters. The number of anilines is 2. The highest BCUT2D eigenvalue weighted by Gasteiger charge is 2.16. The SMILES string of the molecule is Cc1ccc(S(=O)(=O)Nc2cccc(NS(=O)(=O)c3ccc(F)cc3)c2)cc1. The van der Waals surface area contributed by atoms with Gasteiger partial charge in [-0.05, 0) is 61.5 Å².